The first kappa shape index (κ1) is 44.9. The highest BCUT2D eigenvalue weighted by Gasteiger charge is 2.27. The summed E-state index contributed by atoms with van der Waals surface area (Å²) in [6.07, 6.45) is 31.2. The fourth-order valence-electron chi connectivity index (χ4n) is 5.21. The van der Waals surface area contributed by atoms with Gasteiger partial charge in [0.2, 0.25) is 5.91 Å². The smallest absolute Gasteiger partial charge is 0.393 e. The van der Waals surface area contributed by atoms with E-state index in [1.54, 1.807) is 6.08 Å². The first-order chi connectivity index (χ1) is 22.3. The average Bonchev–Trinajstić information content (AvgIpc) is 3.03. The minimum atomic E-state index is -4.39. The van der Waals surface area contributed by atoms with E-state index in [9.17, 15) is 24.5 Å². The van der Waals surface area contributed by atoms with Crippen LogP contribution in [-0.2, 0) is 18.4 Å². The second-order valence-corrected chi connectivity index (χ2v) is 14.1. The summed E-state index contributed by atoms with van der Waals surface area (Å²) in [5.41, 5.74) is 5.34. The molecule has 6 N–H and O–H groups in total. The number of rotatable bonds is 34. The number of phosphoric ester groups is 1. The second-order valence-electron chi connectivity index (χ2n) is 12.6. The number of hydrogen-bond donors (Lipinski definition) is 5. The second kappa shape index (κ2) is 32.5. The van der Waals surface area contributed by atoms with E-state index in [0.717, 1.165) is 51.4 Å². The number of unbranched alkanes of at least 4 members (excludes halogenated alkanes) is 18. The molecule has 0 fully saturated rings. The van der Waals surface area contributed by atoms with Gasteiger partial charge in [-0.2, -0.15) is 0 Å². The van der Waals surface area contributed by atoms with Gasteiger partial charge in [-0.15, -0.1) is 0 Å². The van der Waals surface area contributed by atoms with Crippen LogP contribution in [0.2, 0.25) is 0 Å². The number of carbonyl (C=O) groups excluding carboxylic acids is 1. The normalized spacial score (nSPS) is 15.3. The quantitative estimate of drug-likeness (QED) is 0.0259. The van der Waals surface area contributed by atoms with E-state index < -0.39 is 38.6 Å². The molecule has 9 nitrogen and oxygen atoms in total. The molecule has 0 saturated heterocycles. The molecule has 0 bridgehead atoms. The van der Waals surface area contributed by atoms with Gasteiger partial charge < -0.3 is 26.2 Å². The Morgan fingerprint density at radius 1 is 0.739 bits per heavy atom. The lowest BCUT2D eigenvalue weighted by atomic mass is 10.0. The lowest BCUT2D eigenvalue weighted by molar-refractivity contribution is -0.124. The zero-order chi connectivity index (χ0) is 34.1. The van der Waals surface area contributed by atoms with Crippen molar-refractivity contribution in [2.75, 3.05) is 19.8 Å². The van der Waals surface area contributed by atoms with Gasteiger partial charge in [0.05, 0.1) is 37.9 Å². The Bertz CT molecular complexity index is 796. The summed E-state index contributed by atoms with van der Waals surface area (Å²) in [6, 6.07) is -0.982. The fraction of sp³-hybridized carbons (Fsp3) is 0.861. The first-order valence-corrected chi connectivity index (χ1v) is 20.0. The molecule has 0 radical (unpaired) electrons. The summed E-state index contributed by atoms with van der Waals surface area (Å²) < 4.78 is 21.9. The van der Waals surface area contributed by atoms with Crippen LogP contribution >= 0.6 is 7.82 Å². The van der Waals surface area contributed by atoms with Crippen LogP contribution in [0.3, 0.4) is 0 Å². The van der Waals surface area contributed by atoms with Crippen molar-refractivity contribution in [1.29, 1.82) is 0 Å². The van der Waals surface area contributed by atoms with Crippen molar-refractivity contribution in [2.45, 2.75) is 180 Å². The van der Waals surface area contributed by atoms with Crippen LogP contribution in [0.25, 0.3) is 0 Å². The zero-order valence-corrected chi connectivity index (χ0v) is 30.3. The van der Waals surface area contributed by atoms with Gasteiger partial charge >= 0.3 is 7.82 Å². The number of carbonyl (C=O) groups is 1. The number of nitrogens with two attached hydrogens (primary N) is 1. The Morgan fingerprint density at radius 2 is 1.24 bits per heavy atom. The highest BCUT2D eigenvalue weighted by molar-refractivity contribution is 7.47. The predicted molar refractivity (Wildman–Crippen MR) is 191 cm³/mol. The van der Waals surface area contributed by atoms with Crippen LogP contribution in [0.1, 0.15) is 162 Å². The maximum atomic E-state index is 12.7. The Morgan fingerprint density at radius 3 is 1.80 bits per heavy atom. The highest BCUT2D eigenvalue weighted by Crippen LogP contribution is 2.43. The molecule has 0 heterocycles. The topological polar surface area (TPSA) is 151 Å². The van der Waals surface area contributed by atoms with E-state index in [0.29, 0.717) is 6.42 Å². The molecule has 0 aliphatic carbocycles. The molecule has 0 aromatic carbocycles. The van der Waals surface area contributed by atoms with E-state index in [-0.39, 0.29) is 19.6 Å². The summed E-state index contributed by atoms with van der Waals surface area (Å²) in [6.45, 7) is 3.89. The summed E-state index contributed by atoms with van der Waals surface area (Å²) in [4.78, 5) is 22.6. The molecule has 0 spiro atoms. The average molecular weight is 675 g/mol. The third kappa shape index (κ3) is 30.3. The van der Waals surface area contributed by atoms with Gasteiger partial charge in [-0.25, -0.2) is 4.57 Å². The van der Waals surface area contributed by atoms with Crippen LogP contribution in [0.15, 0.2) is 24.3 Å². The van der Waals surface area contributed by atoms with Crippen molar-refractivity contribution in [3.8, 4) is 0 Å². The van der Waals surface area contributed by atoms with Gasteiger partial charge in [0, 0.05) is 6.54 Å². The van der Waals surface area contributed by atoms with Crippen LogP contribution < -0.4 is 11.1 Å². The van der Waals surface area contributed by atoms with Crippen molar-refractivity contribution in [3.05, 3.63) is 24.3 Å². The third-order valence-corrected chi connectivity index (χ3v) is 9.06. The van der Waals surface area contributed by atoms with E-state index >= 15 is 0 Å². The van der Waals surface area contributed by atoms with Gasteiger partial charge in [0.15, 0.2) is 0 Å². The van der Waals surface area contributed by atoms with E-state index in [2.05, 4.69) is 31.3 Å². The molecular weight excluding hydrogens is 603 g/mol. The van der Waals surface area contributed by atoms with Gasteiger partial charge in [-0.05, 0) is 38.5 Å². The largest absolute Gasteiger partial charge is 0.472 e. The van der Waals surface area contributed by atoms with Crippen LogP contribution in [0.4, 0.5) is 0 Å². The number of aliphatic hydroxyl groups excluding tert-OH is 2. The van der Waals surface area contributed by atoms with Gasteiger partial charge in [0.25, 0.3) is 0 Å². The van der Waals surface area contributed by atoms with Gasteiger partial charge in [0.1, 0.15) is 0 Å². The van der Waals surface area contributed by atoms with Gasteiger partial charge in [-0.1, -0.05) is 141 Å². The van der Waals surface area contributed by atoms with E-state index in [4.69, 9.17) is 14.8 Å². The SMILES string of the molecule is CCCC/C=C\CCCCCC(O)CC(=O)NC(COP(=O)(O)OCCN)C(O)/C=C/CCCCCCCCCCCCCCC. The van der Waals surface area contributed by atoms with Crippen molar-refractivity contribution >= 4 is 13.7 Å². The maximum absolute atomic E-state index is 12.7. The standard InChI is InChI=1S/C36H71N2O7P/c1-3-5-7-9-11-13-14-15-16-17-18-20-22-24-26-28-35(40)34(32-45-46(42,43)44-30-29-37)38-36(41)31-33(39)27-25-23-21-19-12-10-8-6-4-2/h10,12,26,28,33-35,39-40H,3-9,11,13-25,27,29-32,37H2,1-2H3,(H,38,41)(H,42,43)/b12-10-,28-26+. The monoisotopic (exact) mass is 674 g/mol. The van der Waals surface area contributed by atoms with Crippen LogP contribution in [0, 0.1) is 0 Å². The van der Waals surface area contributed by atoms with Crippen molar-refractivity contribution in [2.24, 2.45) is 5.73 Å². The molecule has 10 heteroatoms. The number of aliphatic hydroxyl groups is 2. The number of phosphoric acid groups is 1. The minimum absolute atomic E-state index is 0.0478. The Balaban J connectivity index is 4.47. The Kier molecular flexibility index (Phi) is 31.7. The van der Waals surface area contributed by atoms with Crippen molar-refractivity contribution in [1.82, 2.24) is 5.32 Å². The van der Waals surface area contributed by atoms with Gasteiger partial charge in [-0.3, -0.25) is 13.8 Å². The molecule has 4 atom stereocenters. The highest BCUT2D eigenvalue weighted by atomic mass is 31.2. The molecule has 46 heavy (non-hydrogen) atoms. The van der Waals surface area contributed by atoms with Crippen LogP contribution in [-0.4, -0.2) is 59.0 Å². The summed E-state index contributed by atoms with van der Waals surface area (Å²) in [5.74, 6) is -0.459. The summed E-state index contributed by atoms with van der Waals surface area (Å²) in [7, 11) is -4.39. The number of amides is 1. The molecule has 0 saturated carbocycles. The molecule has 0 aromatic heterocycles. The first-order valence-electron chi connectivity index (χ1n) is 18.5. The lowest BCUT2D eigenvalue weighted by Crippen LogP contribution is -2.46. The fourth-order valence-corrected chi connectivity index (χ4v) is 5.97. The predicted octanol–water partition coefficient (Wildman–Crippen LogP) is 8.41. The molecule has 0 aliphatic heterocycles. The Hall–Kier alpha value is -1.06. The molecule has 1 amide bonds. The van der Waals surface area contributed by atoms with Crippen molar-refractivity contribution < 1.29 is 33.5 Å². The minimum Gasteiger partial charge on any atom is -0.393 e. The molecule has 0 aliphatic rings. The summed E-state index contributed by atoms with van der Waals surface area (Å²) in [5, 5.41) is 23.8. The zero-order valence-electron chi connectivity index (χ0n) is 29.4. The lowest BCUT2D eigenvalue weighted by Gasteiger charge is -2.24. The molecule has 0 rings (SSSR count). The molecule has 0 aromatic rings. The number of hydrogen-bond acceptors (Lipinski definition) is 7. The number of nitrogens with one attached hydrogen (secondary N) is 1. The molecular formula is C36H71N2O7P. The van der Waals surface area contributed by atoms with E-state index in [1.165, 1.54) is 83.5 Å². The maximum Gasteiger partial charge on any atom is 0.472 e. The van der Waals surface area contributed by atoms with Crippen molar-refractivity contribution in [3.63, 3.8) is 0 Å². The third-order valence-electron chi connectivity index (χ3n) is 8.08. The molecule has 272 valence electrons. The summed E-state index contributed by atoms with van der Waals surface area (Å²) >= 11 is 0. The Labute approximate surface area is 281 Å². The number of allylic oxidation sites excluding steroid dienone is 3. The van der Waals surface area contributed by atoms with Crippen LogP contribution in [0.5, 0.6) is 0 Å². The van der Waals surface area contributed by atoms with E-state index in [1.807, 2.05) is 6.08 Å². The molecule has 4 unspecified atom stereocenters.